The van der Waals surface area contributed by atoms with Crippen LogP contribution < -0.4 is 0 Å². The van der Waals surface area contributed by atoms with Gasteiger partial charge in [0.15, 0.2) is 5.82 Å². The number of thiophene rings is 1. The normalized spacial score (nSPS) is 11.4. The van der Waals surface area contributed by atoms with Gasteiger partial charge in [0.25, 0.3) is 0 Å². The summed E-state index contributed by atoms with van der Waals surface area (Å²) in [4.78, 5) is 10.3. The van der Waals surface area contributed by atoms with E-state index in [2.05, 4.69) is 170 Å². The monoisotopic (exact) mass is 692 g/mol. The van der Waals surface area contributed by atoms with E-state index in [0.717, 1.165) is 44.8 Å². The summed E-state index contributed by atoms with van der Waals surface area (Å²) in [5.41, 5.74) is 11.9. The molecule has 248 valence electrons. The van der Waals surface area contributed by atoms with Crippen LogP contribution in [0.25, 0.3) is 98.2 Å². The molecule has 10 rings (SSSR count). The molecule has 0 bridgehead atoms. The Kier molecular flexibility index (Phi) is 7.71. The largest absolute Gasteiger partial charge is 0.228 e. The van der Waals surface area contributed by atoms with Gasteiger partial charge in [-0.1, -0.05) is 146 Å². The molecule has 0 saturated carbocycles. The van der Waals surface area contributed by atoms with Gasteiger partial charge in [0.05, 0.1) is 11.4 Å². The van der Waals surface area contributed by atoms with Gasteiger partial charge < -0.3 is 0 Å². The van der Waals surface area contributed by atoms with Gasteiger partial charge in [0.2, 0.25) is 0 Å². The maximum Gasteiger partial charge on any atom is 0.160 e. The van der Waals surface area contributed by atoms with Gasteiger partial charge in [-0.25, -0.2) is 9.97 Å². The Labute approximate surface area is 312 Å². The zero-order chi connectivity index (χ0) is 35.1. The minimum absolute atomic E-state index is 0.708. The first-order chi connectivity index (χ1) is 26.2. The first-order valence-electron chi connectivity index (χ1n) is 17.9. The van der Waals surface area contributed by atoms with Crippen LogP contribution in [0.1, 0.15) is 0 Å². The Morgan fingerprint density at radius 3 is 1.49 bits per heavy atom. The summed E-state index contributed by atoms with van der Waals surface area (Å²) < 4.78 is 2.59. The summed E-state index contributed by atoms with van der Waals surface area (Å²) >= 11 is 1.85. The van der Waals surface area contributed by atoms with E-state index in [1.165, 1.54) is 47.6 Å². The molecule has 2 aromatic heterocycles. The molecule has 53 heavy (non-hydrogen) atoms. The van der Waals surface area contributed by atoms with E-state index in [1.54, 1.807) is 0 Å². The van der Waals surface area contributed by atoms with E-state index in [4.69, 9.17) is 9.97 Å². The molecule has 10 aromatic rings. The van der Waals surface area contributed by atoms with Crippen LogP contribution in [0, 0.1) is 0 Å². The highest BCUT2D eigenvalue weighted by atomic mass is 32.1. The van der Waals surface area contributed by atoms with Crippen molar-refractivity contribution >= 4 is 42.3 Å². The smallest absolute Gasteiger partial charge is 0.160 e. The van der Waals surface area contributed by atoms with Gasteiger partial charge >= 0.3 is 0 Å². The molecular formula is C50H32N2S. The van der Waals surface area contributed by atoms with Crippen molar-refractivity contribution in [3.8, 4) is 67.3 Å². The van der Waals surface area contributed by atoms with Crippen LogP contribution >= 0.6 is 11.3 Å². The predicted octanol–water partition coefficient (Wildman–Crippen LogP) is 14.0. The molecule has 0 spiro atoms. The van der Waals surface area contributed by atoms with E-state index >= 15 is 0 Å². The minimum Gasteiger partial charge on any atom is -0.228 e. The van der Waals surface area contributed by atoms with Crippen molar-refractivity contribution in [2.45, 2.75) is 0 Å². The number of benzene rings is 8. The summed E-state index contributed by atoms with van der Waals surface area (Å²) in [7, 11) is 0. The van der Waals surface area contributed by atoms with Gasteiger partial charge in [-0.05, 0) is 92.7 Å². The lowest BCUT2D eigenvalue weighted by atomic mass is 9.92. The average Bonchev–Trinajstić information content (AvgIpc) is 3.62. The Bertz CT molecular complexity index is 2870. The number of rotatable bonds is 6. The summed E-state index contributed by atoms with van der Waals surface area (Å²) in [5.74, 6) is 0.708. The number of hydrogen-bond donors (Lipinski definition) is 0. The van der Waals surface area contributed by atoms with Gasteiger partial charge in [-0.3, -0.25) is 0 Å². The first kappa shape index (κ1) is 31.1. The van der Waals surface area contributed by atoms with Gasteiger partial charge in [0.1, 0.15) is 0 Å². The summed E-state index contributed by atoms with van der Waals surface area (Å²) in [6.07, 6.45) is 0. The molecular weight excluding hydrogens is 661 g/mol. The predicted molar refractivity (Wildman–Crippen MR) is 225 cm³/mol. The molecule has 0 aliphatic carbocycles. The molecule has 2 heterocycles. The fourth-order valence-corrected chi connectivity index (χ4v) is 8.46. The van der Waals surface area contributed by atoms with Crippen LogP contribution in [0.3, 0.4) is 0 Å². The van der Waals surface area contributed by atoms with Crippen LogP contribution in [0.5, 0.6) is 0 Å². The lowest BCUT2D eigenvalue weighted by molar-refractivity contribution is 1.18. The molecule has 0 N–H and O–H groups in total. The third kappa shape index (κ3) is 5.97. The number of fused-ring (bicyclic) bond motifs is 4. The fourth-order valence-electron chi connectivity index (χ4n) is 7.32. The van der Waals surface area contributed by atoms with Gasteiger partial charge in [-0.15, -0.1) is 11.3 Å². The fraction of sp³-hybridized carbons (Fsp3) is 0. The average molecular weight is 693 g/mol. The van der Waals surface area contributed by atoms with Crippen molar-refractivity contribution < 1.29 is 0 Å². The molecule has 0 atom stereocenters. The number of aromatic nitrogens is 2. The first-order valence-corrected chi connectivity index (χ1v) is 18.7. The second-order valence-corrected chi connectivity index (χ2v) is 14.5. The highest BCUT2D eigenvalue weighted by Crippen LogP contribution is 2.39. The van der Waals surface area contributed by atoms with Crippen LogP contribution in [0.4, 0.5) is 0 Å². The molecule has 0 aliphatic heterocycles. The van der Waals surface area contributed by atoms with Crippen LogP contribution in [-0.2, 0) is 0 Å². The SMILES string of the molecule is c1ccc(-c2ccc3ccc(-c4cc(-c5ccc6c(c5)sc5ccccc56)cc(-c5cc(-c6ccccc6)nc(-c6ccccc6)n5)c4)cc3c2)cc1. The summed E-state index contributed by atoms with van der Waals surface area (Å²) in [6.45, 7) is 0. The topological polar surface area (TPSA) is 25.8 Å². The number of nitrogens with zero attached hydrogens (tertiary/aromatic N) is 2. The second kappa shape index (κ2) is 13.1. The lowest BCUT2D eigenvalue weighted by Gasteiger charge is -2.14. The second-order valence-electron chi connectivity index (χ2n) is 13.4. The van der Waals surface area contributed by atoms with Crippen molar-refractivity contribution in [2.75, 3.05) is 0 Å². The molecule has 0 aliphatic rings. The van der Waals surface area contributed by atoms with E-state index in [0.29, 0.717) is 5.82 Å². The molecule has 0 radical (unpaired) electrons. The molecule has 2 nitrogen and oxygen atoms in total. The van der Waals surface area contributed by atoms with E-state index < -0.39 is 0 Å². The molecule has 0 saturated heterocycles. The summed E-state index contributed by atoms with van der Waals surface area (Å²) in [6, 6.07) is 69.4. The maximum absolute atomic E-state index is 5.23. The number of hydrogen-bond acceptors (Lipinski definition) is 3. The van der Waals surface area contributed by atoms with Gasteiger partial charge in [-0.2, -0.15) is 0 Å². The van der Waals surface area contributed by atoms with Crippen molar-refractivity contribution in [3.63, 3.8) is 0 Å². The lowest BCUT2D eigenvalue weighted by Crippen LogP contribution is -1.96. The standard InChI is InChI=1S/C50H32N2S/c1-4-12-33(13-5-1)37-22-20-34-21-23-38(27-40(34)26-37)41-28-42(39-24-25-45-44-18-10-11-19-48(44)53-49(45)31-39)30-43(29-41)47-32-46(35-14-6-2-7-15-35)51-50(52-47)36-16-8-3-9-17-36/h1-32H. The minimum atomic E-state index is 0.708. The third-order valence-electron chi connectivity index (χ3n) is 10.0. The van der Waals surface area contributed by atoms with E-state index in [1.807, 2.05) is 35.6 Å². The zero-order valence-corrected chi connectivity index (χ0v) is 29.6. The zero-order valence-electron chi connectivity index (χ0n) is 28.8. The van der Waals surface area contributed by atoms with E-state index in [-0.39, 0.29) is 0 Å². The Morgan fingerprint density at radius 2 is 0.792 bits per heavy atom. The third-order valence-corrected chi connectivity index (χ3v) is 11.2. The Hall–Kier alpha value is -6.68. The Morgan fingerprint density at radius 1 is 0.283 bits per heavy atom. The highest BCUT2D eigenvalue weighted by Gasteiger charge is 2.15. The summed E-state index contributed by atoms with van der Waals surface area (Å²) in [5, 5.41) is 5.03. The molecule has 0 fully saturated rings. The maximum atomic E-state index is 5.23. The van der Waals surface area contributed by atoms with Crippen molar-refractivity contribution in [1.82, 2.24) is 9.97 Å². The van der Waals surface area contributed by atoms with Crippen molar-refractivity contribution in [2.24, 2.45) is 0 Å². The quantitative estimate of drug-likeness (QED) is 0.173. The molecule has 0 unspecified atom stereocenters. The Balaban J connectivity index is 1.18. The van der Waals surface area contributed by atoms with E-state index in [9.17, 15) is 0 Å². The molecule has 8 aromatic carbocycles. The molecule has 0 amide bonds. The van der Waals surface area contributed by atoms with Crippen molar-refractivity contribution in [3.05, 3.63) is 194 Å². The van der Waals surface area contributed by atoms with Crippen molar-refractivity contribution in [1.29, 1.82) is 0 Å². The van der Waals surface area contributed by atoms with Crippen LogP contribution in [0.15, 0.2) is 194 Å². The van der Waals surface area contributed by atoms with Crippen LogP contribution in [-0.4, -0.2) is 9.97 Å². The highest BCUT2D eigenvalue weighted by molar-refractivity contribution is 7.25. The molecule has 3 heteroatoms. The van der Waals surface area contributed by atoms with Gasteiger partial charge in [0, 0.05) is 36.9 Å². The van der Waals surface area contributed by atoms with Crippen LogP contribution in [0.2, 0.25) is 0 Å².